The van der Waals surface area contributed by atoms with Crippen molar-refractivity contribution in [1.82, 2.24) is 10.6 Å². The van der Waals surface area contributed by atoms with Gasteiger partial charge in [-0.05, 0) is 37.4 Å². The second-order valence-corrected chi connectivity index (χ2v) is 8.06. The summed E-state index contributed by atoms with van der Waals surface area (Å²) in [5.41, 5.74) is 1.30. The number of hydrogen-bond acceptors (Lipinski definition) is 8. The van der Waals surface area contributed by atoms with Crippen molar-refractivity contribution in [2.75, 3.05) is 39.4 Å². The minimum atomic E-state index is -4.62. The largest absolute Gasteiger partial charge is 0.524 e. The molecule has 0 spiro atoms. The maximum absolute atomic E-state index is 11.1. The average molecular weight is 507 g/mol. The van der Waals surface area contributed by atoms with Crippen LogP contribution in [0.3, 0.4) is 0 Å². The zero-order valence-electron chi connectivity index (χ0n) is 20.0. The summed E-state index contributed by atoms with van der Waals surface area (Å²) in [5, 5.41) is 31.8. The lowest BCUT2D eigenvalue weighted by molar-refractivity contribution is 0.284. The summed E-state index contributed by atoms with van der Waals surface area (Å²) < 4.78 is 15.8. The Labute approximate surface area is 205 Å². The van der Waals surface area contributed by atoms with E-state index in [1.54, 1.807) is 24.3 Å². The molecule has 3 aromatic rings. The highest BCUT2D eigenvalue weighted by Gasteiger charge is 2.18. The topological polar surface area (TPSA) is 156 Å². The van der Waals surface area contributed by atoms with E-state index in [1.807, 2.05) is 50.2 Å². The van der Waals surface area contributed by atoms with Crippen molar-refractivity contribution in [2.45, 2.75) is 13.8 Å². The summed E-state index contributed by atoms with van der Waals surface area (Å²) in [5.74, 6) is 0.104. The molecule has 0 saturated carbocycles. The van der Waals surface area contributed by atoms with Crippen LogP contribution in [0.5, 0.6) is 5.75 Å². The zero-order chi connectivity index (χ0) is 25.9. The van der Waals surface area contributed by atoms with Crippen LogP contribution in [0.4, 0.5) is 11.4 Å². The number of likely N-dealkylation sites (N-methyl/N-ethyl adjacent to an activating group) is 2. The van der Waals surface area contributed by atoms with Crippen LogP contribution < -0.4 is 15.2 Å². The van der Waals surface area contributed by atoms with Crippen LogP contribution in [0.2, 0.25) is 0 Å². The minimum absolute atomic E-state index is 0.104. The summed E-state index contributed by atoms with van der Waals surface area (Å²) in [6.45, 7) is 7.83. The molecule has 0 unspecified atom stereocenters. The molecule has 10 nitrogen and oxygen atoms in total. The number of fused-ring (bicyclic) bond motifs is 1. The van der Waals surface area contributed by atoms with Crippen LogP contribution in [0.25, 0.3) is 10.8 Å². The SMILES string of the molecule is CCNCCO.CCNCCO.O=P(O)(O)Oc1ccc(/N=N/c2ccccc2)c2ccccc12. The Hall–Kier alpha value is -2.69. The van der Waals surface area contributed by atoms with E-state index in [0.717, 1.165) is 26.2 Å². The fourth-order valence-electron chi connectivity index (χ4n) is 2.67. The number of azo groups is 1. The van der Waals surface area contributed by atoms with Gasteiger partial charge in [0.15, 0.2) is 0 Å². The molecule has 35 heavy (non-hydrogen) atoms. The summed E-state index contributed by atoms with van der Waals surface area (Å²) in [6.07, 6.45) is 0. The summed E-state index contributed by atoms with van der Waals surface area (Å²) >= 11 is 0. The maximum atomic E-state index is 11.1. The number of nitrogens with one attached hydrogen (secondary N) is 2. The van der Waals surface area contributed by atoms with Gasteiger partial charge < -0.3 is 25.4 Å². The number of nitrogens with zero attached hydrogens (tertiary/aromatic N) is 2. The second kappa shape index (κ2) is 17.7. The molecule has 0 fully saturated rings. The van der Waals surface area contributed by atoms with Gasteiger partial charge in [-0.1, -0.05) is 56.3 Å². The quantitative estimate of drug-likeness (QED) is 0.137. The molecule has 0 radical (unpaired) electrons. The first-order valence-electron chi connectivity index (χ1n) is 11.2. The van der Waals surface area contributed by atoms with Gasteiger partial charge in [0.05, 0.1) is 24.6 Å². The van der Waals surface area contributed by atoms with Gasteiger partial charge in [-0.3, -0.25) is 9.79 Å². The second-order valence-electron chi connectivity index (χ2n) is 6.90. The van der Waals surface area contributed by atoms with Gasteiger partial charge in [0.2, 0.25) is 0 Å². The minimum Gasteiger partial charge on any atom is -0.404 e. The van der Waals surface area contributed by atoms with E-state index in [-0.39, 0.29) is 19.0 Å². The van der Waals surface area contributed by atoms with E-state index in [1.165, 1.54) is 6.07 Å². The van der Waals surface area contributed by atoms with Crippen LogP contribution >= 0.6 is 7.82 Å². The number of hydrogen-bond donors (Lipinski definition) is 6. The third-order valence-electron chi connectivity index (χ3n) is 4.18. The fourth-order valence-corrected chi connectivity index (χ4v) is 3.08. The molecular formula is C24H35N4O6P. The summed E-state index contributed by atoms with van der Waals surface area (Å²) in [7, 11) is -4.62. The Morgan fingerprint density at radius 2 is 1.31 bits per heavy atom. The van der Waals surface area contributed by atoms with Crippen molar-refractivity contribution in [2.24, 2.45) is 10.2 Å². The highest BCUT2D eigenvalue weighted by atomic mass is 31.2. The van der Waals surface area contributed by atoms with Crippen LogP contribution in [0, 0.1) is 0 Å². The normalized spacial score (nSPS) is 10.9. The molecule has 6 N–H and O–H groups in total. The summed E-state index contributed by atoms with van der Waals surface area (Å²) in [6, 6.07) is 19.4. The fraction of sp³-hybridized carbons (Fsp3) is 0.333. The predicted molar refractivity (Wildman–Crippen MR) is 138 cm³/mol. The van der Waals surface area contributed by atoms with Crippen LogP contribution in [0.15, 0.2) is 77.0 Å². The monoisotopic (exact) mass is 506 g/mol. The third kappa shape index (κ3) is 13.1. The Morgan fingerprint density at radius 3 is 1.80 bits per heavy atom. The molecule has 3 aromatic carbocycles. The molecule has 0 atom stereocenters. The van der Waals surface area contributed by atoms with Crippen molar-refractivity contribution < 1.29 is 29.1 Å². The third-order valence-corrected chi connectivity index (χ3v) is 4.62. The molecule has 0 amide bonds. The Kier molecular flexibility index (Phi) is 15.3. The lowest BCUT2D eigenvalue weighted by Gasteiger charge is -2.10. The zero-order valence-corrected chi connectivity index (χ0v) is 20.9. The number of aliphatic hydroxyl groups is 2. The van der Waals surface area contributed by atoms with Crippen molar-refractivity contribution in [1.29, 1.82) is 0 Å². The molecule has 192 valence electrons. The average Bonchev–Trinajstić information content (AvgIpc) is 2.86. The molecule has 0 aliphatic rings. The lowest BCUT2D eigenvalue weighted by Crippen LogP contribution is -2.16. The van der Waals surface area contributed by atoms with Crippen LogP contribution in [-0.4, -0.2) is 59.4 Å². The molecule has 0 aliphatic heterocycles. The molecule has 0 saturated heterocycles. The number of benzene rings is 3. The van der Waals surface area contributed by atoms with Gasteiger partial charge in [-0.2, -0.15) is 5.11 Å². The van der Waals surface area contributed by atoms with E-state index in [0.29, 0.717) is 22.1 Å². The molecule has 0 aromatic heterocycles. The van der Waals surface area contributed by atoms with Crippen molar-refractivity contribution in [3.63, 3.8) is 0 Å². The highest BCUT2D eigenvalue weighted by molar-refractivity contribution is 7.46. The molecule has 0 bridgehead atoms. The Balaban J connectivity index is 0.000000425. The first kappa shape index (κ1) is 30.3. The van der Waals surface area contributed by atoms with E-state index in [2.05, 4.69) is 20.9 Å². The van der Waals surface area contributed by atoms with Crippen LogP contribution in [0.1, 0.15) is 13.8 Å². The van der Waals surface area contributed by atoms with Gasteiger partial charge in [0.25, 0.3) is 0 Å². The molecule has 0 heterocycles. The number of rotatable bonds is 10. The van der Waals surface area contributed by atoms with Gasteiger partial charge >= 0.3 is 7.82 Å². The smallest absolute Gasteiger partial charge is 0.404 e. The first-order chi connectivity index (χ1) is 16.9. The van der Waals surface area contributed by atoms with E-state index >= 15 is 0 Å². The summed E-state index contributed by atoms with van der Waals surface area (Å²) in [4.78, 5) is 18.0. The molecule has 0 aliphatic carbocycles. The van der Waals surface area contributed by atoms with Gasteiger partial charge in [0, 0.05) is 23.9 Å². The Bertz CT molecular complexity index is 1030. The van der Waals surface area contributed by atoms with E-state index < -0.39 is 7.82 Å². The number of aliphatic hydroxyl groups excluding tert-OH is 2. The number of phosphoric ester groups is 1. The molecular weight excluding hydrogens is 471 g/mol. The van der Waals surface area contributed by atoms with Gasteiger partial charge in [-0.25, -0.2) is 4.57 Å². The van der Waals surface area contributed by atoms with Gasteiger partial charge in [-0.15, -0.1) is 5.11 Å². The van der Waals surface area contributed by atoms with Gasteiger partial charge in [0.1, 0.15) is 5.75 Å². The Morgan fingerprint density at radius 1 is 0.771 bits per heavy atom. The first-order valence-corrected chi connectivity index (χ1v) is 12.8. The van der Waals surface area contributed by atoms with E-state index in [9.17, 15) is 4.57 Å². The standard InChI is InChI=1S/C16H13N2O4P.2C4H11NO/c19-23(20,21)22-16-11-10-15(13-8-4-5-9-14(13)16)18-17-12-6-2-1-3-7-12;2*1-2-5-3-4-6/h1-11H,(H2,19,20,21);2*5-6H,2-4H2,1H3/b18-17+;;. The maximum Gasteiger partial charge on any atom is 0.524 e. The predicted octanol–water partition coefficient (Wildman–Crippen LogP) is 3.90. The molecule has 3 rings (SSSR count). The lowest BCUT2D eigenvalue weighted by atomic mass is 10.1. The van der Waals surface area contributed by atoms with Crippen molar-refractivity contribution in [3.05, 3.63) is 66.7 Å². The van der Waals surface area contributed by atoms with Crippen molar-refractivity contribution in [3.8, 4) is 5.75 Å². The van der Waals surface area contributed by atoms with Crippen LogP contribution in [-0.2, 0) is 4.57 Å². The highest BCUT2D eigenvalue weighted by Crippen LogP contribution is 2.42. The number of phosphoric acid groups is 1. The van der Waals surface area contributed by atoms with Crippen molar-refractivity contribution >= 4 is 30.0 Å². The van der Waals surface area contributed by atoms with E-state index in [4.69, 9.17) is 24.5 Å². The molecule has 11 heteroatoms.